The van der Waals surface area contributed by atoms with E-state index >= 15 is 0 Å². The topological polar surface area (TPSA) is 59.5 Å². The van der Waals surface area contributed by atoms with E-state index in [2.05, 4.69) is 13.8 Å². The Hall–Kier alpha value is -1.29. The maximum absolute atomic E-state index is 11.9. The smallest absolute Gasteiger partial charge is 0.289 e. The molecule has 0 unspecified atom stereocenters. The summed E-state index contributed by atoms with van der Waals surface area (Å²) in [5.74, 6) is 1.49. The molecule has 2 rings (SSSR count). The molecule has 0 aromatic carbocycles. The minimum Gasteiger partial charge on any atom is -0.456 e. The molecule has 0 spiro atoms. The average molecular weight is 222 g/mol. The summed E-state index contributed by atoms with van der Waals surface area (Å²) in [5.41, 5.74) is 5.91. The fourth-order valence-corrected chi connectivity index (χ4v) is 1.88. The Kier molecular flexibility index (Phi) is 2.54. The Bertz CT molecular complexity index is 403. The van der Waals surface area contributed by atoms with Crippen LogP contribution in [-0.4, -0.2) is 29.4 Å². The summed E-state index contributed by atoms with van der Waals surface area (Å²) in [7, 11) is 0. The van der Waals surface area contributed by atoms with E-state index in [0.29, 0.717) is 24.8 Å². The van der Waals surface area contributed by atoms with Crippen molar-refractivity contribution in [2.45, 2.75) is 26.3 Å². The maximum atomic E-state index is 11.9. The minimum absolute atomic E-state index is 0.0603. The zero-order valence-corrected chi connectivity index (χ0v) is 9.99. The predicted molar refractivity (Wildman–Crippen MR) is 61.1 cm³/mol. The summed E-state index contributed by atoms with van der Waals surface area (Å²) < 4.78 is 5.30. The number of rotatable bonds is 2. The SMILES string of the molecule is Cc1ccc(C(=O)N2CC(N)(C(C)C)C2)o1. The number of aryl methyl sites for hydroxylation is 1. The second-order valence-corrected chi connectivity index (χ2v) is 4.96. The normalized spacial score (nSPS) is 18.7. The summed E-state index contributed by atoms with van der Waals surface area (Å²) >= 11 is 0. The van der Waals surface area contributed by atoms with Gasteiger partial charge in [0.25, 0.3) is 5.91 Å². The summed E-state index contributed by atoms with van der Waals surface area (Å²) in [6.45, 7) is 7.22. The monoisotopic (exact) mass is 222 g/mol. The Morgan fingerprint density at radius 1 is 1.50 bits per heavy atom. The molecule has 0 aliphatic carbocycles. The number of likely N-dealkylation sites (tertiary alicyclic amines) is 1. The first-order valence-corrected chi connectivity index (χ1v) is 5.57. The fourth-order valence-electron chi connectivity index (χ4n) is 1.88. The molecule has 1 saturated heterocycles. The molecule has 4 nitrogen and oxygen atoms in total. The van der Waals surface area contributed by atoms with Crippen molar-refractivity contribution in [3.05, 3.63) is 23.7 Å². The van der Waals surface area contributed by atoms with Crippen molar-refractivity contribution in [1.29, 1.82) is 0 Å². The number of hydrogen-bond acceptors (Lipinski definition) is 3. The van der Waals surface area contributed by atoms with E-state index < -0.39 is 0 Å². The van der Waals surface area contributed by atoms with Gasteiger partial charge in [0, 0.05) is 13.1 Å². The highest BCUT2D eigenvalue weighted by Gasteiger charge is 2.44. The summed E-state index contributed by atoms with van der Waals surface area (Å²) in [5, 5.41) is 0. The lowest BCUT2D eigenvalue weighted by Crippen LogP contribution is -2.71. The zero-order chi connectivity index (χ0) is 11.9. The number of hydrogen-bond donors (Lipinski definition) is 1. The maximum Gasteiger partial charge on any atom is 0.289 e. The van der Waals surface area contributed by atoms with Crippen molar-refractivity contribution in [2.75, 3.05) is 13.1 Å². The second-order valence-electron chi connectivity index (χ2n) is 4.96. The lowest BCUT2D eigenvalue weighted by Gasteiger charge is -2.50. The molecule has 1 aliphatic heterocycles. The van der Waals surface area contributed by atoms with Gasteiger partial charge in [-0.05, 0) is 25.0 Å². The molecular weight excluding hydrogens is 204 g/mol. The molecule has 0 saturated carbocycles. The highest BCUT2D eigenvalue weighted by atomic mass is 16.3. The highest BCUT2D eigenvalue weighted by molar-refractivity contribution is 5.92. The van der Waals surface area contributed by atoms with Crippen molar-refractivity contribution in [2.24, 2.45) is 11.7 Å². The summed E-state index contributed by atoms with van der Waals surface area (Å²) in [4.78, 5) is 13.7. The Morgan fingerprint density at radius 2 is 2.12 bits per heavy atom. The third-order valence-corrected chi connectivity index (χ3v) is 3.36. The molecule has 88 valence electrons. The molecule has 1 aromatic rings. The first-order valence-electron chi connectivity index (χ1n) is 5.57. The molecule has 1 amide bonds. The third-order valence-electron chi connectivity index (χ3n) is 3.36. The van der Waals surface area contributed by atoms with Crippen molar-refractivity contribution in [1.82, 2.24) is 4.90 Å². The van der Waals surface area contributed by atoms with Gasteiger partial charge < -0.3 is 15.1 Å². The van der Waals surface area contributed by atoms with Gasteiger partial charge in [0.1, 0.15) is 5.76 Å². The van der Waals surface area contributed by atoms with Crippen LogP contribution < -0.4 is 5.73 Å². The Labute approximate surface area is 95.4 Å². The lowest BCUT2D eigenvalue weighted by molar-refractivity contribution is 0.0247. The molecule has 0 bridgehead atoms. The van der Waals surface area contributed by atoms with Gasteiger partial charge in [-0.3, -0.25) is 4.79 Å². The van der Waals surface area contributed by atoms with Gasteiger partial charge in [0.15, 0.2) is 5.76 Å². The molecule has 1 aromatic heterocycles. The van der Waals surface area contributed by atoms with Gasteiger partial charge in [-0.1, -0.05) is 13.8 Å². The molecule has 0 atom stereocenters. The van der Waals surface area contributed by atoms with Crippen molar-refractivity contribution >= 4 is 5.91 Å². The van der Waals surface area contributed by atoms with Gasteiger partial charge in [0.05, 0.1) is 5.54 Å². The first-order chi connectivity index (χ1) is 7.42. The number of carbonyl (C=O) groups excluding carboxylic acids is 1. The van der Waals surface area contributed by atoms with E-state index in [4.69, 9.17) is 10.2 Å². The van der Waals surface area contributed by atoms with Crippen molar-refractivity contribution in [3.63, 3.8) is 0 Å². The summed E-state index contributed by atoms with van der Waals surface area (Å²) in [6, 6.07) is 3.51. The number of furan rings is 1. The van der Waals surface area contributed by atoms with Crippen LogP contribution in [0, 0.1) is 12.8 Å². The van der Waals surface area contributed by atoms with Crippen molar-refractivity contribution in [3.8, 4) is 0 Å². The molecule has 0 radical (unpaired) electrons. The molecule has 2 N–H and O–H groups in total. The quantitative estimate of drug-likeness (QED) is 0.822. The van der Waals surface area contributed by atoms with Crippen LogP contribution in [0.1, 0.15) is 30.2 Å². The van der Waals surface area contributed by atoms with Crippen molar-refractivity contribution < 1.29 is 9.21 Å². The van der Waals surface area contributed by atoms with Crippen LogP contribution in [0.4, 0.5) is 0 Å². The van der Waals surface area contributed by atoms with Gasteiger partial charge in [-0.25, -0.2) is 0 Å². The number of nitrogens with two attached hydrogens (primary N) is 1. The number of nitrogens with zero attached hydrogens (tertiary/aromatic N) is 1. The third kappa shape index (κ3) is 1.73. The van der Waals surface area contributed by atoms with E-state index in [1.807, 2.05) is 6.92 Å². The standard InChI is InChI=1S/C12H18N2O2/c1-8(2)12(13)6-14(7-12)11(15)10-5-4-9(3)16-10/h4-5,8H,6-7,13H2,1-3H3. The molecule has 16 heavy (non-hydrogen) atoms. The Morgan fingerprint density at radius 3 is 2.56 bits per heavy atom. The van der Waals surface area contributed by atoms with Gasteiger partial charge in [0.2, 0.25) is 0 Å². The minimum atomic E-state index is -0.225. The van der Waals surface area contributed by atoms with E-state index in [1.165, 1.54) is 0 Å². The van der Waals surface area contributed by atoms with E-state index in [9.17, 15) is 4.79 Å². The lowest BCUT2D eigenvalue weighted by atomic mass is 9.80. The van der Waals surface area contributed by atoms with Crippen LogP contribution in [0.5, 0.6) is 0 Å². The number of amides is 1. The van der Waals surface area contributed by atoms with Crippen LogP contribution in [0.3, 0.4) is 0 Å². The van der Waals surface area contributed by atoms with E-state index in [-0.39, 0.29) is 11.4 Å². The predicted octanol–water partition coefficient (Wildman–Crippen LogP) is 1.40. The van der Waals surface area contributed by atoms with Crippen LogP contribution in [0.25, 0.3) is 0 Å². The van der Waals surface area contributed by atoms with Gasteiger partial charge >= 0.3 is 0 Å². The fraction of sp³-hybridized carbons (Fsp3) is 0.583. The highest BCUT2D eigenvalue weighted by Crippen LogP contribution is 2.27. The van der Waals surface area contributed by atoms with Crippen LogP contribution in [0.2, 0.25) is 0 Å². The van der Waals surface area contributed by atoms with Gasteiger partial charge in [-0.15, -0.1) is 0 Å². The number of carbonyl (C=O) groups is 1. The van der Waals surface area contributed by atoms with Crippen LogP contribution in [-0.2, 0) is 0 Å². The van der Waals surface area contributed by atoms with E-state index in [1.54, 1.807) is 17.0 Å². The molecule has 1 aliphatic rings. The first kappa shape index (κ1) is 11.2. The zero-order valence-electron chi connectivity index (χ0n) is 9.99. The molecule has 1 fully saturated rings. The Balaban J connectivity index is 2.00. The summed E-state index contributed by atoms with van der Waals surface area (Å²) in [6.07, 6.45) is 0. The largest absolute Gasteiger partial charge is 0.456 e. The average Bonchev–Trinajstić information content (AvgIpc) is 2.58. The molecular formula is C12H18N2O2. The van der Waals surface area contributed by atoms with Crippen LogP contribution in [0.15, 0.2) is 16.5 Å². The molecule has 2 heterocycles. The van der Waals surface area contributed by atoms with E-state index in [0.717, 1.165) is 5.76 Å². The molecule has 4 heteroatoms. The van der Waals surface area contributed by atoms with Crippen LogP contribution >= 0.6 is 0 Å². The second kappa shape index (κ2) is 3.63. The van der Waals surface area contributed by atoms with Gasteiger partial charge in [-0.2, -0.15) is 0 Å².